The molecule has 0 unspecified atom stereocenters. The Labute approximate surface area is 128 Å². The Morgan fingerprint density at radius 3 is 2.55 bits per heavy atom. The van der Waals surface area contributed by atoms with Crippen LogP contribution in [0.4, 0.5) is 10.1 Å². The first kappa shape index (κ1) is 14.3. The molecule has 0 saturated heterocycles. The summed E-state index contributed by atoms with van der Waals surface area (Å²) in [6, 6.07) is 14.3. The number of halogens is 1. The second-order valence-corrected chi connectivity index (χ2v) is 5.26. The van der Waals surface area contributed by atoms with E-state index in [0.717, 1.165) is 16.8 Å². The molecule has 3 aromatic rings. The molecule has 2 aromatic carbocycles. The summed E-state index contributed by atoms with van der Waals surface area (Å²) in [5.74, 6) is 0.741. The zero-order valence-corrected chi connectivity index (χ0v) is 12.5. The molecule has 0 fully saturated rings. The van der Waals surface area contributed by atoms with Crippen molar-refractivity contribution in [2.45, 2.75) is 6.42 Å². The van der Waals surface area contributed by atoms with Crippen molar-refractivity contribution < 1.29 is 8.91 Å². The molecule has 4 nitrogen and oxygen atoms in total. The summed E-state index contributed by atoms with van der Waals surface area (Å²) < 4.78 is 18.4. The van der Waals surface area contributed by atoms with Crippen molar-refractivity contribution in [1.29, 1.82) is 0 Å². The Morgan fingerprint density at radius 1 is 1.09 bits per heavy atom. The highest BCUT2D eigenvalue weighted by Gasteiger charge is 2.10. The van der Waals surface area contributed by atoms with Gasteiger partial charge in [0, 0.05) is 25.3 Å². The molecule has 1 heterocycles. The fourth-order valence-electron chi connectivity index (χ4n) is 2.17. The van der Waals surface area contributed by atoms with Gasteiger partial charge in [-0.3, -0.25) is 0 Å². The summed E-state index contributed by atoms with van der Waals surface area (Å²) in [6.07, 6.45) is 0.417. The number of aromatic nitrogens is 2. The maximum Gasteiger partial charge on any atom is 0.231 e. The lowest BCUT2D eigenvalue weighted by molar-refractivity contribution is 0.385. The van der Waals surface area contributed by atoms with Gasteiger partial charge in [-0.15, -0.1) is 0 Å². The summed E-state index contributed by atoms with van der Waals surface area (Å²) in [5.41, 5.74) is 2.80. The van der Waals surface area contributed by atoms with Crippen LogP contribution >= 0.6 is 0 Å². The smallest absolute Gasteiger partial charge is 0.231 e. The lowest BCUT2D eigenvalue weighted by atomic mass is 10.1. The largest absolute Gasteiger partial charge is 0.378 e. The van der Waals surface area contributed by atoms with Crippen LogP contribution in [-0.2, 0) is 6.42 Å². The number of anilines is 1. The molecular weight excluding hydrogens is 281 g/mol. The van der Waals surface area contributed by atoms with Crippen LogP contribution in [0.25, 0.3) is 11.4 Å². The van der Waals surface area contributed by atoms with Crippen molar-refractivity contribution in [3.63, 3.8) is 0 Å². The molecule has 0 aliphatic carbocycles. The van der Waals surface area contributed by atoms with Crippen molar-refractivity contribution in [2.24, 2.45) is 0 Å². The van der Waals surface area contributed by atoms with E-state index in [-0.39, 0.29) is 5.82 Å². The van der Waals surface area contributed by atoms with Crippen molar-refractivity contribution >= 4 is 5.69 Å². The summed E-state index contributed by atoms with van der Waals surface area (Å²) in [7, 11) is 3.97. The molecule has 22 heavy (non-hydrogen) atoms. The van der Waals surface area contributed by atoms with Gasteiger partial charge in [0.05, 0.1) is 6.42 Å². The van der Waals surface area contributed by atoms with E-state index in [9.17, 15) is 4.39 Å². The predicted octanol–water partition coefficient (Wildman–Crippen LogP) is 3.53. The van der Waals surface area contributed by atoms with E-state index in [0.29, 0.717) is 18.1 Å². The fourth-order valence-corrected chi connectivity index (χ4v) is 2.17. The van der Waals surface area contributed by atoms with E-state index >= 15 is 0 Å². The SMILES string of the molecule is CN(C)c1ccc(-c2noc(Cc3cccc(F)c3)n2)cc1. The first-order chi connectivity index (χ1) is 10.6. The van der Waals surface area contributed by atoms with E-state index in [1.165, 1.54) is 12.1 Å². The van der Waals surface area contributed by atoms with Crippen LogP contribution in [-0.4, -0.2) is 24.2 Å². The lowest BCUT2D eigenvalue weighted by Gasteiger charge is -2.11. The Hall–Kier alpha value is -2.69. The quantitative estimate of drug-likeness (QED) is 0.739. The number of rotatable bonds is 4. The van der Waals surface area contributed by atoms with Gasteiger partial charge in [0.15, 0.2) is 0 Å². The third-order valence-corrected chi connectivity index (χ3v) is 3.35. The highest BCUT2D eigenvalue weighted by Crippen LogP contribution is 2.20. The van der Waals surface area contributed by atoms with E-state index in [2.05, 4.69) is 10.1 Å². The highest BCUT2D eigenvalue weighted by molar-refractivity contribution is 5.59. The molecule has 0 atom stereocenters. The molecule has 0 N–H and O–H groups in total. The second kappa shape index (κ2) is 5.97. The molecule has 0 saturated carbocycles. The number of hydrogen-bond acceptors (Lipinski definition) is 4. The number of benzene rings is 2. The minimum atomic E-state index is -0.267. The molecule has 0 amide bonds. The first-order valence-electron chi connectivity index (χ1n) is 6.96. The monoisotopic (exact) mass is 297 g/mol. The Bertz CT molecular complexity index is 766. The van der Waals surface area contributed by atoms with Gasteiger partial charge in [-0.2, -0.15) is 4.98 Å². The van der Waals surface area contributed by atoms with E-state index in [1.54, 1.807) is 6.07 Å². The molecule has 3 rings (SSSR count). The molecule has 0 aliphatic heterocycles. The molecule has 0 bridgehead atoms. The van der Waals surface area contributed by atoms with Gasteiger partial charge in [-0.1, -0.05) is 17.3 Å². The fraction of sp³-hybridized carbons (Fsp3) is 0.176. The Balaban J connectivity index is 1.78. The van der Waals surface area contributed by atoms with Gasteiger partial charge in [0.1, 0.15) is 5.82 Å². The molecule has 0 aliphatic rings. The maximum atomic E-state index is 13.2. The molecular formula is C17H16FN3O. The normalized spacial score (nSPS) is 10.7. The molecule has 0 radical (unpaired) electrons. The Morgan fingerprint density at radius 2 is 1.86 bits per heavy atom. The van der Waals surface area contributed by atoms with Crippen LogP contribution in [0.3, 0.4) is 0 Å². The average Bonchev–Trinajstić information content (AvgIpc) is 2.96. The molecule has 112 valence electrons. The van der Waals surface area contributed by atoms with Crippen LogP contribution in [0.2, 0.25) is 0 Å². The van der Waals surface area contributed by atoms with E-state index in [4.69, 9.17) is 4.52 Å². The highest BCUT2D eigenvalue weighted by atomic mass is 19.1. The van der Waals surface area contributed by atoms with Gasteiger partial charge in [0.25, 0.3) is 0 Å². The van der Waals surface area contributed by atoms with Gasteiger partial charge >= 0.3 is 0 Å². The minimum Gasteiger partial charge on any atom is -0.378 e. The van der Waals surface area contributed by atoms with Crippen LogP contribution in [0, 0.1) is 5.82 Å². The Kier molecular flexibility index (Phi) is 3.87. The average molecular weight is 297 g/mol. The zero-order valence-electron chi connectivity index (χ0n) is 12.5. The zero-order chi connectivity index (χ0) is 15.5. The summed E-state index contributed by atoms with van der Waals surface area (Å²) in [5, 5.41) is 3.99. The topological polar surface area (TPSA) is 42.2 Å². The van der Waals surface area contributed by atoms with Gasteiger partial charge in [-0.05, 0) is 42.0 Å². The maximum absolute atomic E-state index is 13.2. The second-order valence-electron chi connectivity index (χ2n) is 5.26. The third kappa shape index (κ3) is 3.14. The van der Waals surface area contributed by atoms with Gasteiger partial charge < -0.3 is 9.42 Å². The summed E-state index contributed by atoms with van der Waals surface area (Å²) >= 11 is 0. The van der Waals surface area contributed by atoms with Crippen molar-refractivity contribution in [1.82, 2.24) is 10.1 Å². The number of hydrogen-bond donors (Lipinski definition) is 0. The lowest BCUT2D eigenvalue weighted by Crippen LogP contribution is -2.07. The van der Waals surface area contributed by atoms with E-state index < -0.39 is 0 Å². The number of nitrogens with zero attached hydrogens (tertiary/aromatic N) is 3. The van der Waals surface area contributed by atoms with Gasteiger partial charge in [-0.25, -0.2) is 4.39 Å². The summed E-state index contributed by atoms with van der Waals surface area (Å²) in [6.45, 7) is 0. The van der Waals surface area contributed by atoms with Crippen LogP contribution in [0.5, 0.6) is 0 Å². The third-order valence-electron chi connectivity index (χ3n) is 3.35. The summed E-state index contributed by atoms with van der Waals surface area (Å²) in [4.78, 5) is 6.39. The van der Waals surface area contributed by atoms with Crippen molar-refractivity contribution in [3.05, 3.63) is 65.8 Å². The van der Waals surface area contributed by atoms with Gasteiger partial charge in [0.2, 0.25) is 11.7 Å². The van der Waals surface area contributed by atoms with Crippen molar-refractivity contribution in [2.75, 3.05) is 19.0 Å². The van der Waals surface area contributed by atoms with Crippen LogP contribution < -0.4 is 4.90 Å². The van der Waals surface area contributed by atoms with Crippen molar-refractivity contribution in [3.8, 4) is 11.4 Å². The molecule has 1 aromatic heterocycles. The van der Waals surface area contributed by atoms with Crippen LogP contribution in [0.1, 0.15) is 11.5 Å². The molecule has 5 heteroatoms. The predicted molar refractivity (Wildman–Crippen MR) is 83.3 cm³/mol. The minimum absolute atomic E-state index is 0.267. The first-order valence-corrected chi connectivity index (χ1v) is 6.96. The standard InChI is InChI=1S/C17H16FN3O/c1-21(2)15-8-6-13(7-9-15)17-19-16(22-20-17)11-12-4-3-5-14(18)10-12/h3-10H,11H2,1-2H3. The molecule has 0 spiro atoms. The van der Waals surface area contributed by atoms with E-state index in [1.807, 2.05) is 49.3 Å². The van der Waals surface area contributed by atoms with Crippen LogP contribution in [0.15, 0.2) is 53.1 Å².